The highest BCUT2D eigenvalue weighted by molar-refractivity contribution is 5.92. The number of nitrogens with one attached hydrogen (secondary N) is 1. The zero-order valence-corrected chi connectivity index (χ0v) is 15.3. The Balaban J connectivity index is 0.00000243. The van der Waals surface area contributed by atoms with Crippen LogP contribution in [0.4, 0.5) is 4.39 Å². The van der Waals surface area contributed by atoms with Crippen molar-refractivity contribution < 1.29 is 9.18 Å². The van der Waals surface area contributed by atoms with Gasteiger partial charge in [0.2, 0.25) is 0 Å². The van der Waals surface area contributed by atoms with Crippen molar-refractivity contribution in [2.45, 2.75) is 25.4 Å². The number of amides is 1. The van der Waals surface area contributed by atoms with E-state index < -0.39 is 0 Å². The summed E-state index contributed by atoms with van der Waals surface area (Å²) in [6.45, 7) is 6.03. The molecular formula is C18H23ClFN5O. The Morgan fingerprint density at radius 1 is 1.38 bits per heavy atom. The van der Waals surface area contributed by atoms with Gasteiger partial charge in [-0.05, 0) is 32.0 Å². The van der Waals surface area contributed by atoms with Crippen LogP contribution in [0.25, 0.3) is 0 Å². The van der Waals surface area contributed by atoms with Crippen molar-refractivity contribution in [3.63, 3.8) is 0 Å². The minimum Gasteiger partial charge on any atom is -0.329 e. The number of nitrogens with zero attached hydrogens (tertiary/aromatic N) is 4. The number of carbonyl (C=O) groups is 1. The standard InChI is InChI=1S/C18H22FN5O.ClH/c1-2-11-23(12-14-5-3-4-6-16(14)19)18(25)17-13-24(22-21-17)15-7-9-20-10-8-15;/h2-6,13,15,20H,1,7-12H2;1H. The van der Waals surface area contributed by atoms with Crippen LogP contribution in [-0.4, -0.2) is 45.4 Å². The first kappa shape index (κ1) is 20.1. The highest BCUT2D eigenvalue weighted by atomic mass is 35.5. The van der Waals surface area contributed by atoms with E-state index in [0.717, 1.165) is 25.9 Å². The van der Waals surface area contributed by atoms with Crippen molar-refractivity contribution in [3.8, 4) is 0 Å². The SMILES string of the molecule is C=CCN(Cc1ccccc1F)C(=O)c1cn(C2CCNCC2)nn1.Cl. The van der Waals surface area contributed by atoms with Crippen molar-refractivity contribution in [2.75, 3.05) is 19.6 Å². The van der Waals surface area contributed by atoms with E-state index in [9.17, 15) is 9.18 Å². The summed E-state index contributed by atoms with van der Waals surface area (Å²) in [4.78, 5) is 14.3. The van der Waals surface area contributed by atoms with E-state index >= 15 is 0 Å². The van der Waals surface area contributed by atoms with Gasteiger partial charge < -0.3 is 10.2 Å². The molecule has 1 aromatic heterocycles. The van der Waals surface area contributed by atoms with E-state index in [-0.39, 0.29) is 42.4 Å². The highest BCUT2D eigenvalue weighted by Gasteiger charge is 2.22. The minimum atomic E-state index is -0.331. The molecule has 140 valence electrons. The lowest BCUT2D eigenvalue weighted by Crippen LogP contribution is -2.31. The molecule has 1 fully saturated rings. The van der Waals surface area contributed by atoms with Gasteiger partial charge in [-0.25, -0.2) is 9.07 Å². The Kier molecular flexibility index (Phi) is 7.29. The van der Waals surface area contributed by atoms with E-state index in [2.05, 4.69) is 22.2 Å². The number of aromatic nitrogens is 3. The number of piperidine rings is 1. The van der Waals surface area contributed by atoms with Crippen molar-refractivity contribution >= 4 is 18.3 Å². The van der Waals surface area contributed by atoms with Crippen LogP contribution in [0.5, 0.6) is 0 Å². The molecule has 1 amide bonds. The summed E-state index contributed by atoms with van der Waals surface area (Å²) in [6.07, 6.45) is 5.23. The molecule has 0 radical (unpaired) electrons. The number of rotatable bonds is 6. The van der Waals surface area contributed by atoms with E-state index in [1.807, 2.05) is 0 Å². The van der Waals surface area contributed by atoms with Gasteiger partial charge in [-0.15, -0.1) is 24.1 Å². The van der Waals surface area contributed by atoms with E-state index in [4.69, 9.17) is 0 Å². The van der Waals surface area contributed by atoms with Crippen LogP contribution in [0.2, 0.25) is 0 Å². The Morgan fingerprint density at radius 3 is 2.81 bits per heavy atom. The molecule has 2 heterocycles. The van der Waals surface area contributed by atoms with Gasteiger partial charge in [0.15, 0.2) is 5.69 Å². The maximum absolute atomic E-state index is 13.9. The normalized spacial score (nSPS) is 14.5. The number of carbonyl (C=O) groups excluding carboxylic acids is 1. The smallest absolute Gasteiger partial charge is 0.276 e. The number of halogens is 2. The van der Waals surface area contributed by atoms with Crippen molar-refractivity contribution in [3.05, 3.63) is 60.2 Å². The molecule has 0 atom stereocenters. The zero-order chi connectivity index (χ0) is 17.6. The quantitative estimate of drug-likeness (QED) is 0.783. The molecule has 1 aromatic carbocycles. The molecule has 8 heteroatoms. The second kappa shape index (κ2) is 9.45. The topological polar surface area (TPSA) is 63.1 Å². The second-order valence-corrected chi connectivity index (χ2v) is 6.13. The monoisotopic (exact) mass is 379 g/mol. The Morgan fingerprint density at radius 2 is 2.12 bits per heavy atom. The minimum absolute atomic E-state index is 0. The van der Waals surface area contributed by atoms with Gasteiger partial charge in [0, 0.05) is 18.7 Å². The highest BCUT2D eigenvalue weighted by Crippen LogP contribution is 2.18. The third kappa shape index (κ3) is 4.68. The fraction of sp³-hybridized carbons (Fsp3) is 0.389. The summed E-state index contributed by atoms with van der Waals surface area (Å²) in [6, 6.07) is 6.70. The summed E-state index contributed by atoms with van der Waals surface area (Å²) >= 11 is 0. The molecule has 0 unspecified atom stereocenters. The average Bonchev–Trinajstić information content (AvgIpc) is 3.13. The molecule has 0 bridgehead atoms. The predicted molar refractivity (Wildman–Crippen MR) is 99.7 cm³/mol. The Hall–Kier alpha value is -2.25. The van der Waals surface area contributed by atoms with Crippen molar-refractivity contribution in [1.29, 1.82) is 0 Å². The van der Waals surface area contributed by atoms with Crippen LogP contribution in [0, 0.1) is 5.82 Å². The molecule has 3 rings (SSSR count). The molecule has 1 N–H and O–H groups in total. The lowest BCUT2D eigenvalue weighted by atomic mass is 10.1. The van der Waals surface area contributed by atoms with Crippen LogP contribution in [0.15, 0.2) is 43.1 Å². The van der Waals surface area contributed by atoms with Gasteiger partial charge in [-0.1, -0.05) is 29.5 Å². The Labute approximate surface area is 158 Å². The largest absolute Gasteiger partial charge is 0.329 e. The number of benzene rings is 1. The van der Waals surface area contributed by atoms with E-state index in [0.29, 0.717) is 12.1 Å². The van der Waals surface area contributed by atoms with Gasteiger partial charge >= 0.3 is 0 Å². The maximum atomic E-state index is 13.9. The number of hydrogen-bond acceptors (Lipinski definition) is 4. The van der Waals surface area contributed by atoms with Gasteiger partial charge in [-0.2, -0.15) is 0 Å². The molecule has 6 nitrogen and oxygen atoms in total. The fourth-order valence-electron chi connectivity index (χ4n) is 2.99. The molecule has 2 aromatic rings. The van der Waals surface area contributed by atoms with E-state index in [1.165, 1.54) is 11.0 Å². The molecule has 1 aliphatic heterocycles. The second-order valence-electron chi connectivity index (χ2n) is 6.13. The van der Waals surface area contributed by atoms with Crippen LogP contribution in [-0.2, 0) is 6.54 Å². The van der Waals surface area contributed by atoms with Gasteiger partial charge in [-0.3, -0.25) is 4.79 Å². The number of hydrogen-bond donors (Lipinski definition) is 1. The lowest BCUT2D eigenvalue weighted by Gasteiger charge is -2.22. The summed E-state index contributed by atoms with van der Waals surface area (Å²) < 4.78 is 15.7. The zero-order valence-electron chi connectivity index (χ0n) is 14.5. The summed E-state index contributed by atoms with van der Waals surface area (Å²) in [5, 5.41) is 11.4. The molecule has 26 heavy (non-hydrogen) atoms. The van der Waals surface area contributed by atoms with Gasteiger partial charge in [0.1, 0.15) is 5.82 Å². The summed E-state index contributed by atoms with van der Waals surface area (Å²) in [7, 11) is 0. The summed E-state index contributed by atoms with van der Waals surface area (Å²) in [5.74, 6) is -0.606. The van der Waals surface area contributed by atoms with Crippen LogP contribution < -0.4 is 5.32 Å². The van der Waals surface area contributed by atoms with Gasteiger partial charge in [0.05, 0.1) is 12.2 Å². The van der Waals surface area contributed by atoms with Crippen molar-refractivity contribution in [1.82, 2.24) is 25.2 Å². The lowest BCUT2D eigenvalue weighted by molar-refractivity contribution is 0.0755. The molecule has 1 saturated heterocycles. The van der Waals surface area contributed by atoms with E-state index in [1.54, 1.807) is 35.2 Å². The summed E-state index contributed by atoms with van der Waals surface area (Å²) in [5.41, 5.74) is 0.736. The van der Waals surface area contributed by atoms with Crippen LogP contribution in [0.3, 0.4) is 0 Å². The first-order valence-electron chi connectivity index (χ1n) is 8.45. The first-order chi connectivity index (χ1) is 12.2. The van der Waals surface area contributed by atoms with Crippen LogP contribution >= 0.6 is 12.4 Å². The first-order valence-corrected chi connectivity index (χ1v) is 8.45. The third-order valence-corrected chi connectivity index (χ3v) is 4.37. The Bertz CT molecular complexity index is 745. The van der Waals surface area contributed by atoms with Crippen LogP contribution in [0.1, 0.15) is 34.9 Å². The fourth-order valence-corrected chi connectivity index (χ4v) is 2.99. The average molecular weight is 380 g/mol. The third-order valence-electron chi connectivity index (χ3n) is 4.37. The molecule has 0 saturated carbocycles. The van der Waals surface area contributed by atoms with Gasteiger partial charge in [0.25, 0.3) is 5.91 Å². The van der Waals surface area contributed by atoms with Crippen molar-refractivity contribution in [2.24, 2.45) is 0 Å². The predicted octanol–water partition coefficient (Wildman–Crippen LogP) is 2.59. The molecule has 0 aliphatic carbocycles. The molecule has 1 aliphatic rings. The molecular weight excluding hydrogens is 357 g/mol. The maximum Gasteiger partial charge on any atom is 0.276 e. The molecule has 0 spiro atoms.